The number of hydrogen-bond acceptors (Lipinski definition) is 3. The highest BCUT2D eigenvalue weighted by Crippen LogP contribution is 2.41. The zero-order chi connectivity index (χ0) is 16.6. The van der Waals surface area contributed by atoms with Crippen LogP contribution in [0, 0.1) is 11.3 Å². The monoisotopic (exact) mass is 322 g/mol. The molecule has 1 spiro atoms. The molecular weight excluding hydrogens is 296 g/mol. The van der Waals surface area contributed by atoms with Gasteiger partial charge in [-0.1, -0.05) is 13.8 Å². The Labute approximate surface area is 136 Å². The molecule has 1 atom stereocenters. The molecule has 4 amide bonds. The van der Waals surface area contributed by atoms with Crippen LogP contribution in [0.4, 0.5) is 4.79 Å². The molecular formula is C16H26N4O3. The summed E-state index contributed by atoms with van der Waals surface area (Å²) < 4.78 is 0. The lowest BCUT2D eigenvalue weighted by atomic mass is 9.77. The Morgan fingerprint density at radius 2 is 2.00 bits per heavy atom. The van der Waals surface area contributed by atoms with Crippen LogP contribution >= 0.6 is 0 Å². The lowest BCUT2D eigenvalue weighted by Gasteiger charge is -2.39. The van der Waals surface area contributed by atoms with Gasteiger partial charge in [-0.2, -0.15) is 0 Å². The van der Waals surface area contributed by atoms with Crippen molar-refractivity contribution in [2.45, 2.75) is 39.2 Å². The van der Waals surface area contributed by atoms with Crippen molar-refractivity contribution in [1.29, 1.82) is 0 Å². The topological polar surface area (TPSA) is 81.8 Å². The zero-order valence-corrected chi connectivity index (χ0v) is 13.9. The number of carbonyl (C=O) groups excluding carboxylic acids is 3. The number of nitrogens with one attached hydrogen (secondary N) is 2. The van der Waals surface area contributed by atoms with Gasteiger partial charge in [0.05, 0.1) is 0 Å². The molecule has 0 aromatic heterocycles. The maximum absolute atomic E-state index is 12.4. The van der Waals surface area contributed by atoms with Gasteiger partial charge in [-0.25, -0.2) is 4.79 Å². The van der Waals surface area contributed by atoms with E-state index in [0.717, 1.165) is 25.9 Å². The Balaban J connectivity index is 1.55. The third-order valence-electron chi connectivity index (χ3n) is 5.20. The molecule has 0 saturated carbocycles. The van der Waals surface area contributed by atoms with Crippen LogP contribution in [-0.4, -0.2) is 66.4 Å². The normalized spacial score (nSPS) is 26.8. The minimum atomic E-state index is -0.445. The lowest BCUT2D eigenvalue weighted by Crippen LogP contribution is -2.50. The van der Waals surface area contributed by atoms with Crippen molar-refractivity contribution in [3.63, 3.8) is 0 Å². The number of rotatable bonds is 3. The van der Waals surface area contributed by atoms with Crippen LogP contribution in [0.3, 0.4) is 0 Å². The van der Waals surface area contributed by atoms with E-state index < -0.39 is 6.04 Å². The predicted octanol–water partition coefficient (Wildman–Crippen LogP) is 0.165. The van der Waals surface area contributed by atoms with E-state index in [4.69, 9.17) is 0 Å². The van der Waals surface area contributed by atoms with Crippen molar-refractivity contribution >= 4 is 17.8 Å². The smallest absolute Gasteiger partial charge is 0.315 e. The molecule has 7 nitrogen and oxygen atoms in total. The highest BCUT2D eigenvalue weighted by Gasteiger charge is 2.46. The molecule has 7 heteroatoms. The van der Waals surface area contributed by atoms with Gasteiger partial charge in [-0.15, -0.1) is 0 Å². The second-order valence-corrected chi connectivity index (χ2v) is 7.58. The number of piperidine rings is 1. The molecule has 1 unspecified atom stereocenters. The molecule has 0 aromatic carbocycles. The average molecular weight is 322 g/mol. The molecule has 2 N–H and O–H groups in total. The van der Waals surface area contributed by atoms with Gasteiger partial charge < -0.3 is 20.4 Å². The van der Waals surface area contributed by atoms with Crippen LogP contribution in [0.2, 0.25) is 0 Å². The predicted molar refractivity (Wildman–Crippen MR) is 84.6 cm³/mol. The van der Waals surface area contributed by atoms with E-state index in [1.54, 1.807) is 0 Å². The van der Waals surface area contributed by atoms with Crippen molar-refractivity contribution in [3.05, 3.63) is 0 Å². The first kappa shape index (κ1) is 16.1. The Morgan fingerprint density at radius 1 is 1.30 bits per heavy atom. The first-order chi connectivity index (χ1) is 10.9. The SMILES string of the molecule is CC(C)CN1CC2(CCN(C(=O)C3CNC(=O)N3)CC2)CC1=O. The second kappa shape index (κ2) is 6.02. The maximum atomic E-state index is 12.4. The number of hydrogen-bond donors (Lipinski definition) is 2. The van der Waals surface area contributed by atoms with E-state index >= 15 is 0 Å². The summed E-state index contributed by atoms with van der Waals surface area (Å²) in [7, 11) is 0. The second-order valence-electron chi connectivity index (χ2n) is 7.58. The molecule has 3 rings (SSSR count). The van der Waals surface area contributed by atoms with Crippen molar-refractivity contribution in [1.82, 2.24) is 20.4 Å². The number of urea groups is 1. The Bertz CT molecular complexity index is 511. The molecule has 128 valence electrons. The minimum absolute atomic E-state index is 0.0124. The van der Waals surface area contributed by atoms with Gasteiger partial charge in [0.25, 0.3) is 0 Å². The number of carbonyl (C=O) groups is 3. The molecule has 3 fully saturated rings. The van der Waals surface area contributed by atoms with Crippen LogP contribution in [0.1, 0.15) is 33.1 Å². The number of nitrogens with zero attached hydrogens (tertiary/aromatic N) is 2. The van der Waals surface area contributed by atoms with Crippen LogP contribution < -0.4 is 10.6 Å². The Kier molecular flexibility index (Phi) is 4.21. The van der Waals surface area contributed by atoms with E-state index in [9.17, 15) is 14.4 Å². The maximum Gasteiger partial charge on any atom is 0.315 e. The van der Waals surface area contributed by atoms with Gasteiger partial charge in [-0.3, -0.25) is 9.59 Å². The molecule has 0 aliphatic carbocycles. The standard InChI is InChI=1S/C16H26N4O3/c1-11(2)9-20-10-16(7-13(20)21)3-5-19(6-4-16)14(22)12-8-17-15(23)18-12/h11-12H,3-10H2,1-2H3,(H2,17,18,23). The molecule has 0 bridgehead atoms. The number of likely N-dealkylation sites (tertiary alicyclic amines) is 2. The summed E-state index contributed by atoms with van der Waals surface area (Å²) in [5.41, 5.74) is 0.0416. The van der Waals surface area contributed by atoms with E-state index in [0.29, 0.717) is 32.0 Å². The number of amides is 4. The Morgan fingerprint density at radius 3 is 2.57 bits per heavy atom. The quantitative estimate of drug-likeness (QED) is 0.777. The van der Waals surface area contributed by atoms with E-state index in [-0.39, 0.29) is 23.3 Å². The summed E-state index contributed by atoms with van der Waals surface area (Å²) in [6, 6.07) is -0.721. The average Bonchev–Trinajstić information content (AvgIpc) is 3.04. The van der Waals surface area contributed by atoms with Gasteiger partial charge in [0.15, 0.2) is 0 Å². The fourth-order valence-corrected chi connectivity index (χ4v) is 3.95. The van der Waals surface area contributed by atoms with Crippen LogP contribution in [-0.2, 0) is 9.59 Å². The third kappa shape index (κ3) is 3.28. The van der Waals surface area contributed by atoms with Crippen molar-refractivity contribution < 1.29 is 14.4 Å². The van der Waals surface area contributed by atoms with Gasteiger partial charge in [-0.05, 0) is 18.8 Å². The van der Waals surface area contributed by atoms with Crippen molar-refractivity contribution in [2.24, 2.45) is 11.3 Å². The summed E-state index contributed by atoms with van der Waals surface area (Å²) in [5.74, 6) is 0.724. The van der Waals surface area contributed by atoms with E-state index in [1.165, 1.54) is 0 Å². The fraction of sp³-hybridized carbons (Fsp3) is 0.812. The van der Waals surface area contributed by atoms with Crippen molar-refractivity contribution in [3.8, 4) is 0 Å². The molecule has 3 aliphatic heterocycles. The first-order valence-electron chi connectivity index (χ1n) is 8.49. The lowest BCUT2D eigenvalue weighted by molar-refractivity contribution is -0.134. The molecule has 23 heavy (non-hydrogen) atoms. The highest BCUT2D eigenvalue weighted by atomic mass is 16.2. The van der Waals surface area contributed by atoms with Crippen LogP contribution in [0.15, 0.2) is 0 Å². The molecule has 3 saturated heterocycles. The first-order valence-corrected chi connectivity index (χ1v) is 8.49. The highest BCUT2D eigenvalue weighted by molar-refractivity contribution is 5.90. The largest absolute Gasteiger partial charge is 0.342 e. The van der Waals surface area contributed by atoms with Gasteiger partial charge >= 0.3 is 6.03 Å². The fourth-order valence-electron chi connectivity index (χ4n) is 3.95. The molecule has 0 radical (unpaired) electrons. The van der Waals surface area contributed by atoms with E-state index in [1.807, 2.05) is 9.80 Å². The van der Waals surface area contributed by atoms with Crippen LogP contribution in [0.25, 0.3) is 0 Å². The summed E-state index contributed by atoms with van der Waals surface area (Å²) in [5, 5.41) is 5.26. The van der Waals surface area contributed by atoms with Gasteiger partial charge in [0.1, 0.15) is 6.04 Å². The van der Waals surface area contributed by atoms with Gasteiger partial charge in [0.2, 0.25) is 11.8 Å². The van der Waals surface area contributed by atoms with E-state index in [2.05, 4.69) is 24.5 Å². The molecule has 3 heterocycles. The molecule has 3 aliphatic rings. The summed E-state index contributed by atoms with van der Waals surface area (Å²) in [4.78, 5) is 39.6. The molecule has 0 aromatic rings. The van der Waals surface area contributed by atoms with Crippen molar-refractivity contribution in [2.75, 3.05) is 32.7 Å². The third-order valence-corrected chi connectivity index (χ3v) is 5.20. The minimum Gasteiger partial charge on any atom is -0.342 e. The Hall–Kier alpha value is -1.79. The summed E-state index contributed by atoms with van der Waals surface area (Å²) in [6.07, 6.45) is 2.35. The summed E-state index contributed by atoms with van der Waals surface area (Å²) in [6.45, 7) is 7.62. The summed E-state index contributed by atoms with van der Waals surface area (Å²) >= 11 is 0. The van der Waals surface area contributed by atoms with Crippen LogP contribution in [0.5, 0.6) is 0 Å². The zero-order valence-electron chi connectivity index (χ0n) is 13.9. The van der Waals surface area contributed by atoms with Gasteiger partial charge in [0, 0.05) is 44.6 Å².